The maximum absolute atomic E-state index is 6.31. The average molecular weight is 395 g/mol. The number of fused-ring (bicyclic) bond motifs is 1. The molecule has 0 saturated heterocycles. The molecule has 0 radical (unpaired) electrons. The second kappa shape index (κ2) is 7.34. The molecule has 134 valence electrons. The monoisotopic (exact) mass is 394 g/mol. The van der Waals surface area contributed by atoms with Crippen molar-refractivity contribution in [3.8, 4) is 17.1 Å². The van der Waals surface area contributed by atoms with Gasteiger partial charge in [-0.05, 0) is 41.2 Å². The summed E-state index contributed by atoms with van der Waals surface area (Å²) >= 11 is 11.7. The Morgan fingerprint density at radius 1 is 1.11 bits per heavy atom. The van der Waals surface area contributed by atoms with Crippen LogP contribution < -0.4 is 4.74 Å². The summed E-state index contributed by atoms with van der Waals surface area (Å²) in [6.07, 6.45) is 1.73. The first kappa shape index (κ1) is 17.5. The molecule has 5 nitrogen and oxygen atoms in total. The van der Waals surface area contributed by atoms with E-state index < -0.39 is 0 Å². The van der Waals surface area contributed by atoms with Crippen LogP contribution in [0.3, 0.4) is 0 Å². The molecular formula is C20H15ClN4OS. The molecule has 0 aliphatic carbocycles. The predicted molar refractivity (Wildman–Crippen MR) is 111 cm³/mol. The second-order valence-corrected chi connectivity index (χ2v) is 6.59. The third-order valence-corrected chi connectivity index (χ3v) is 4.81. The fourth-order valence-electron chi connectivity index (χ4n) is 2.92. The highest BCUT2D eigenvalue weighted by Crippen LogP contribution is 2.28. The molecule has 4 rings (SSSR count). The van der Waals surface area contributed by atoms with E-state index in [4.69, 9.17) is 28.6 Å². The normalized spacial score (nSPS) is 11.3. The van der Waals surface area contributed by atoms with Gasteiger partial charge in [0.1, 0.15) is 5.75 Å². The van der Waals surface area contributed by atoms with Gasteiger partial charge >= 0.3 is 0 Å². The largest absolute Gasteiger partial charge is 0.496 e. The fraction of sp³-hybridized carbons (Fsp3) is 0.0500. The summed E-state index contributed by atoms with van der Waals surface area (Å²) in [4.78, 5) is 0. The summed E-state index contributed by atoms with van der Waals surface area (Å²) < 4.78 is 7.45. The van der Waals surface area contributed by atoms with Gasteiger partial charge in [0.05, 0.1) is 18.3 Å². The lowest BCUT2D eigenvalue weighted by atomic mass is 10.0. The molecular weight excluding hydrogens is 380 g/mol. The summed E-state index contributed by atoms with van der Waals surface area (Å²) in [7, 11) is 1.64. The van der Waals surface area contributed by atoms with E-state index in [9.17, 15) is 0 Å². The molecule has 0 amide bonds. The van der Waals surface area contributed by atoms with E-state index in [1.165, 1.54) is 0 Å². The van der Waals surface area contributed by atoms with Crippen LogP contribution in [-0.2, 0) is 0 Å². The lowest BCUT2D eigenvalue weighted by molar-refractivity contribution is 0.415. The number of aromatic nitrogens is 3. The second-order valence-electron chi connectivity index (χ2n) is 5.79. The summed E-state index contributed by atoms with van der Waals surface area (Å²) in [6.45, 7) is 0. The van der Waals surface area contributed by atoms with E-state index in [2.05, 4.69) is 15.3 Å². The van der Waals surface area contributed by atoms with Gasteiger partial charge in [-0.1, -0.05) is 54.1 Å². The van der Waals surface area contributed by atoms with Gasteiger partial charge in [-0.2, -0.15) is 14.9 Å². The minimum Gasteiger partial charge on any atom is -0.496 e. The number of hydrogen-bond donors (Lipinski definition) is 1. The number of methoxy groups -OCH3 is 1. The van der Waals surface area contributed by atoms with Crippen LogP contribution in [0.4, 0.5) is 0 Å². The van der Waals surface area contributed by atoms with Gasteiger partial charge in [0.25, 0.3) is 0 Å². The van der Waals surface area contributed by atoms with Crippen LogP contribution >= 0.6 is 23.8 Å². The Morgan fingerprint density at radius 2 is 1.89 bits per heavy atom. The first-order valence-corrected chi connectivity index (χ1v) is 9.00. The van der Waals surface area contributed by atoms with Gasteiger partial charge in [-0.15, -0.1) is 0 Å². The van der Waals surface area contributed by atoms with Crippen molar-refractivity contribution in [2.24, 2.45) is 5.10 Å². The summed E-state index contributed by atoms with van der Waals surface area (Å²) in [5.41, 5.74) is 1.61. The zero-order valence-corrected chi connectivity index (χ0v) is 16.0. The van der Waals surface area contributed by atoms with Crippen LogP contribution in [0.2, 0.25) is 5.02 Å². The molecule has 7 heteroatoms. The van der Waals surface area contributed by atoms with Gasteiger partial charge in [-0.3, -0.25) is 0 Å². The highest BCUT2D eigenvalue weighted by Gasteiger charge is 2.12. The number of aromatic amines is 1. The summed E-state index contributed by atoms with van der Waals surface area (Å²) in [6, 6.07) is 19.4. The number of halogens is 1. The van der Waals surface area contributed by atoms with Crippen LogP contribution in [0, 0.1) is 4.77 Å². The first-order chi connectivity index (χ1) is 13.2. The van der Waals surface area contributed by atoms with E-state index in [1.54, 1.807) is 24.1 Å². The number of ether oxygens (including phenoxy) is 1. The van der Waals surface area contributed by atoms with Crippen molar-refractivity contribution >= 4 is 40.8 Å². The Morgan fingerprint density at radius 3 is 2.70 bits per heavy atom. The van der Waals surface area contributed by atoms with E-state index in [-0.39, 0.29) is 0 Å². The first-order valence-electron chi connectivity index (χ1n) is 8.21. The van der Waals surface area contributed by atoms with Gasteiger partial charge in [-0.25, -0.2) is 5.10 Å². The molecule has 4 aromatic rings. The summed E-state index contributed by atoms with van der Waals surface area (Å²) in [5, 5.41) is 14.3. The van der Waals surface area contributed by atoms with Crippen molar-refractivity contribution < 1.29 is 4.74 Å². The van der Waals surface area contributed by atoms with E-state index >= 15 is 0 Å². The molecule has 27 heavy (non-hydrogen) atoms. The SMILES string of the molecule is COc1ccc2ccccc2c1C=Nn1c(-c2ccccc2Cl)n[nH]c1=S. The predicted octanol–water partition coefficient (Wildman–Crippen LogP) is 5.31. The Balaban J connectivity index is 1.86. The number of nitrogens with one attached hydrogen (secondary N) is 1. The standard InChI is InChI=1S/C20H15ClN4OS/c1-26-18-11-10-13-6-2-3-7-14(13)16(18)12-22-25-19(23-24-20(25)27)15-8-4-5-9-17(15)21/h2-12H,1H3,(H,24,27). The third-order valence-electron chi connectivity index (χ3n) is 4.22. The van der Waals surface area contributed by atoms with Crippen LogP contribution in [0.25, 0.3) is 22.2 Å². The van der Waals surface area contributed by atoms with Crippen molar-refractivity contribution in [2.45, 2.75) is 0 Å². The number of rotatable bonds is 4. The maximum atomic E-state index is 6.31. The van der Waals surface area contributed by atoms with Crippen molar-refractivity contribution in [3.05, 3.63) is 76.0 Å². The molecule has 3 aromatic carbocycles. The highest BCUT2D eigenvalue weighted by molar-refractivity contribution is 7.71. The van der Waals surface area contributed by atoms with Gasteiger partial charge in [0.15, 0.2) is 5.82 Å². The van der Waals surface area contributed by atoms with Crippen molar-refractivity contribution in [1.29, 1.82) is 0 Å². The van der Waals surface area contributed by atoms with Gasteiger partial charge in [0.2, 0.25) is 4.77 Å². The Kier molecular flexibility index (Phi) is 4.75. The maximum Gasteiger partial charge on any atom is 0.216 e. The van der Waals surface area contributed by atoms with Gasteiger partial charge < -0.3 is 4.74 Å². The average Bonchev–Trinajstić information content (AvgIpc) is 3.06. The van der Waals surface area contributed by atoms with E-state index in [0.717, 1.165) is 27.6 Å². The number of hydrogen-bond acceptors (Lipinski definition) is 4. The molecule has 1 heterocycles. The zero-order valence-electron chi connectivity index (χ0n) is 14.4. The van der Waals surface area contributed by atoms with Crippen molar-refractivity contribution in [1.82, 2.24) is 14.9 Å². The molecule has 0 atom stereocenters. The quantitative estimate of drug-likeness (QED) is 0.377. The Bertz CT molecular complexity index is 1210. The molecule has 0 aliphatic heterocycles. The topological polar surface area (TPSA) is 55.2 Å². The molecule has 0 spiro atoms. The highest BCUT2D eigenvalue weighted by atomic mass is 35.5. The van der Waals surface area contributed by atoms with Crippen molar-refractivity contribution in [3.63, 3.8) is 0 Å². The van der Waals surface area contributed by atoms with Crippen LogP contribution in [0.5, 0.6) is 5.75 Å². The molecule has 0 unspecified atom stereocenters. The Labute approximate surface area is 165 Å². The molecule has 0 bridgehead atoms. The molecule has 1 aromatic heterocycles. The van der Waals surface area contributed by atoms with Crippen LogP contribution in [0.1, 0.15) is 5.56 Å². The molecule has 0 saturated carbocycles. The van der Waals surface area contributed by atoms with Crippen LogP contribution in [0.15, 0.2) is 65.8 Å². The Hall–Kier alpha value is -2.96. The lowest BCUT2D eigenvalue weighted by Crippen LogP contribution is -1.98. The van der Waals surface area contributed by atoms with E-state index in [0.29, 0.717) is 15.6 Å². The zero-order chi connectivity index (χ0) is 18.8. The summed E-state index contributed by atoms with van der Waals surface area (Å²) in [5.74, 6) is 1.27. The number of H-pyrrole nitrogens is 1. The van der Waals surface area contributed by atoms with Gasteiger partial charge in [0, 0.05) is 11.1 Å². The molecule has 0 fully saturated rings. The van der Waals surface area contributed by atoms with Crippen molar-refractivity contribution in [2.75, 3.05) is 7.11 Å². The minimum absolute atomic E-state index is 0.375. The minimum atomic E-state index is 0.375. The molecule has 1 N–H and O–H groups in total. The number of nitrogens with zero attached hydrogens (tertiary/aromatic N) is 3. The fourth-order valence-corrected chi connectivity index (χ4v) is 3.32. The smallest absolute Gasteiger partial charge is 0.216 e. The number of benzene rings is 3. The molecule has 0 aliphatic rings. The lowest BCUT2D eigenvalue weighted by Gasteiger charge is -2.08. The third kappa shape index (κ3) is 3.25. The van der Waals surface area contributed by atoms with Crippen LogP contribution in [-0.4, -0.2) is 28.2 Å². The van der Waals surface area contributed by atoms with E-state index in [1.807, 2.05) is 54.6 Å².